The highest BCUT2D eigenvalue weighted by atomic mass is 32.1. The molecule has 0 aliphatic carbocycles. The Hall–Kier alpha value is -3.69. The van der Waals surface area contributed by atoms with Gasteiger partial charge >= 0.3 is 0 Å². The topological polar surface area (TPSA) is 69.7 Å². The van der Waals surface area contributed by atoms with Gasteiger partial charge in [-0.1, -0.05) is 24.3 Å². The molecule has 34 heavy (non-hydrogen) atoms. The number of nitrogens with zero attached hydrogens (tertiary/aromatic N) is 5. The van der Waals surface area contributed by atoms with Crippen molar-refractivity contribution < 1.29 is 4.42 Å². The van der Waals surface area contributed by atoms with Crippen molar-refractivity contribution in [2.75, 3.05) is 0 Å². The summed E-state index contributed by atoms with van der Waals surface area (Å²) < 4.78 is 11.0. The highest BCUT2D eigenvalue weighted by molar-refractivity contribution is 7.14. The lowest BCUT2D eigenvalue weighted by Crippen LogP contribution is -2.20. The minimum atomic E-state index is -0.175. The molecule has 0 aliphatic rings. The van der Waals surface area contributed by atoms with Crippen LogP contribution in [0.5, 0.6) is 0 Å². The Kier molecular flexibility index (Phi) is 5.80. The molecule has 7 nitrogen and oxygen atoms in total. The van der Waals surface area contributed by atoms with E-state index in [9.17, 15) is 4.79 Å². The fourth-order valence-corrected chi connectivity index (χ4v) is 5.30. The average molecular weight is 490 g/mol. The van der Waals surface area contributed by atoms with Crippen LogP contribution in [0.3, 0.4) is 0 Å². The molecule has 172 valence electrons. The molecule has 0 saturated carbocycles. The van der Waals surface area contributed by atoms with Crippen LogP contribution in [0.2, 0.25) is 0 Å². The van der Waals surface area contributed by atoms with Gasteiger partial charge in [0.05, 0.1) is 22.0 Å². The van der Waals surface area contributed by atoms with Gasteiger partial charge in [0.25, 0.3) is 5.56 Å². The number of aromatic nitrogens is 3. The SMILES string of the molecule is CC(=Nn1c(-c2cccs2)csc1=Nc1c(C)n(C)n(-c2ccccc2)c1=O)c1ccc(C)o1. The third-order valence-electron chi connectivity index (χ3n) is 5.54. The van der Waals surface area contributed by atoms with Gasteiger partial charge in [-0.25, -0.2) is 14.4 Å². The lowest BCUT2D eigenvalue weighted by Gasteiger charge is -2.07. The van der Waals surface area contributed by atoms with Crippen LogP contribution >= 0.6 is 22.7 Å². The Labute approximate surface area is 204 Å². The van der Waals surface area contributed by atoms with Gasteiger partial charge in [-0.15, -0.1) is 22.7 Å². The lowest BCUT2D eigenvalue weighted by atomic mass is 10.3. The first-order chi connectivity index (χ1) is 16.4. The van der Waals surface area contributed by atoms with Crippen LogP contribution in [0.1, 0.15) is 24.1 Å². The number of furan rings is 1. The zero-order chi connectivity index (χ0) is 23.8. The van der Waals surface area contributed by atoms with E-state index in [1.807, 2.05) is 97.9 Å². The number of aryl methyl sites for hydroxylation is 1. The first-order valence-corrected chi connectivity index (χ1v) is 12.5. The van der Waals surface area contributed by atoms with Crippen LogP contribution < -0.4 is 10.4 Å². The van der Waals surface area contributed by atoms with Crippen LogP contribution in [0.15, 0.2) is 84.7 Å². The zero-order valence-corrected chi connectivity index (χ0v) is 20.9. The van der Waals surface area contributed by atoms with Crippen molar-refractivity contribution in [3.05, 3.63) is 97.7 Å². The summed E-state index contributed by atoms with van der Waals surface area (Å²) in [4.78, 5) is 19.9. The summed E-state index contributed by atoms with van der Waals surface area (Å²) in [6.45, 7) is 5.71. The number of hydrogen-bond donors (Lipinski definition) is 0. The molecule has 0 bridgehead atoms. The standard InChI is InChI=1S/C25H23N5O2S2/c1-16-12-13-21(32-16)17(2)27-29-20(22-11-8-14-33-22)15-34-25(29)26-23-18(3)28(4)30(24(23)31)19-9-6-5-7-10-19/h5-15H,1-4H3. The second kappa shape index (κ2) is 8.92. The summed E-state index contributed by atoms with van der Waals surface area (Å²) in [7, 11) is 1.86. The molecule has 5 aromatic rings. The highest BCUT2D eigenvalue weighted by Gasteiger charge is 2.17. The molecule has 0 aliphatic heterocycles. The van der Waals surface area contributed by atoms with Gasteiger partial charge in [-0.3, -0.25) is 9.48 Å². The van der Waals surface area contributed by atoms with E-state index in [2.05, 4.69) is 0 Å². The summed E-state index contributed by atoms with van der Waals surface area (Å²) in [6, 6.07) is 17.4. The van der Waals surface area contributed by atoms with Crippen LogP contribution in [-0.4, -0.2) is 19.8 Å². The number of thiazole rings is 1. The minimum absolute atomic E-state index is 0.175. The fourth-order valence-electron chi connectivity index (χ4n) is 3.68. The van der Waals surface area contributed by atoms with Crippen molar-refractivity contribution in [1.82, 2.24) is 14.0 Å². The molecule has 0 unspecified atom stereocenters. The summed E-state index contributed by atoms with van der Waals surface area (Å²) in [5.41, 5.74) is 3.41. The van der Waals surface area contributed by atoms with E-state index in [1.165, 1.54) is 11.3 Å². The number of thiophene rings is 1. The molecule has 1 aromatic carbocycles. The molecular formula is C25H23N5O2S2. The van der Waals surface area contributed by atoms with E-state index in [0.717, 1.165) is 33.4 Å². The molecule has 0 radical (unpaired) electrons. The third kappa shape index (κ3) is 3.93. The van der Waals surface area contributed by atoms with Crippen LogP contribution in [0.4, 0.5) is 5.69 Å². The van der Waals surface area contributed by atoms with Crippen LogP contribution in [0, 0.1) is 13.8 Å². The lowest BCUT2D eigenvalue weighted by molar-refractivity contribution is 0.524. The first-order valence-electron chi connectivity index (χ1n) is 10.7. The Bertz CT molecular complexity index is 1610. The maximum Gasteiger partial charge on any atom is 0.297 e. The first kappa shape index (κ1) is 22.1. The normalized spacial score (nSPS) is 12.6. The number of rotatable bonds is 5. The molecule has 0 atom stereocenters. The Morgan fingerprint density at radius 1 is 1.00 bits per heavy atom. The maximum absolute atomic E-state index is 13.4. The highest BCUT2D eigenvalue weighted by Crippen LogP contribution is 2.26. The predicted octanol–water partition coefficient (Wildman–Crippen LogP) is 5.48. The summed E-state index contributed by atoms with van der Waals surface area (Å²) in [5, 5.41) is 8.89. The molecular weight excluding hydrogens is 466 g/mol. The van der Waals surface area contributed by atoms with Gasteiger partial charge in [-0.05, 0) is 56.5 Å². The van der Waals surface area contributed by atoms with Crippen molar-refractivity contribution >= 4 is 34.1 Å². The van der Waals surface area contributed by atoms with E-state index in [0.29, 0.717) is 16.2 Å². The summed E-state index contributed by atoms with van der Waals surface area (Å²) in [6.07, 6.45) is 0. The number of para-hydroxylation sites is 1. The van der Waals surface area contributed by atoms with E-state index >= 15 is 0 Å². The van der Waals surface area contributed by atoms with Crippen molar-refractivity contribution in [1.29, 1.82) is 0 Å². The smallest absolute Gasteiger partial charge is 0.297 e. The second-order valence-electron chi connectivity index (χ2n) is 7.81. The van der Waals surface area contributed by atoms with Gasteiger partial charge in [0.15, 0.2) is 5.69 Å². The quantitative estimate of drug-likeness (QED) is 0.307. The molecule has 0 amide bonds. The predicted molar refractivity (Wildman–Crippen MR) is 138 cm³/mol. The molecule has 5 rings (SSSR count). The molecule has 0 N–H and O–H groups in total. The molecule has 4 heterocycles. The summed E-state index contributed by atoms with van der Waals surface area (Å²) >= 11 is 3.08. The molecule has 4 aromatic heterocycles. The van der Waals surface area contributed by atoms with Crippen LogP contribution in [-0.2, 0) is 7.05 Å². The molecule has 9 heteroatoms. The second-order valence-corrected chi connectivity index (χ2v) is 9.59. The molecule has 0 fully saturated rings. The largest absolute Gasteiger partial charge is 0.460 e. The fraction of sp³-hybridized carbons (Fsp3) is 0.160. The number of hydrogen-bond acceptors (Lipinski definition) is 6. The van der Waals surface area contributed by atoms with E-state index in [1.54, 1.807) is 20.7 Å². The zero-order valence-electron chi connectivity index (χ0n) is 19.2. The van der Waals surface area contributed by atoms with Crippen molar-refractivity contribution in [2.45, 2.75) is 20.8 Å². The summed E-state index contributed by atoms with van der Waals surface area (Å²) in [5.74, 6) is 1.52. The average Bonchev–Trinajstić information content (AvgIpc) is 3.61. The monoisotopic (exact) mass is 489 g/mol. The third-order valence-corrected chi connectivity index (χ3v) is 7.25. The van der Waals surface area contributed by atoms with Crippen molar-refractivity contribution in [2.24, 2.45) is 17.1 Å². The van der Waals surface area contributed by atoms with Gasteiger partial charge in [0.1, 0.15) is 17.2 Å². The van der Waals surface area contributed by atoms with Gasteiger partial charge in [-0.2, -0.15) is 5.10 Å². The van der Waals surface area contributed by atoms with Crippen molar-refractivity contribution in [3.8, 4) is 16.3 Å². The minimum Gasteiger partial charge on any atom is -0.460 e. The Morgan fingerprint density at radius 3 is 2.47 bits per heavy atom. The van der Waals surface area contributed by atoms with Gasteiger partial charge < -0.3 is 4.42 Å². The molecule has 0 saturated heterocycles. The van der Waals surface area contributed by atoms with E-state index < -0.39 is 0 Å². The maximum atomic E-state index is 13.4. The molecule has 0 spiro atoms. The Balaban J connectivity index is 1.72. The van der Waals surface area contributed by atoms with Gasteiger partial charge in [0.2, 0.25) is 4.80 Å². The number of benzene rings is 1. The van der Waals surface area contributed by atoms with Gasteiger partial charge in [0, 0.05) is 12.4 Å². The van der Waals surface area contributed by atoms with Crippen LogP contribution in [0.25, 0.3) is 16.3 Å². The van der Waals surface area contributed by atoms with E-state index in [4.69, 9.17) is 14.5 Å². The Morgan fingerprint density at radius 2 is 1.79 bits per heavy atom. The van der Waals surface area contributed by atoms with Crippen molar-refractivity contribution in [3.63, 3.8) is 0 Å². The van der Waals surface area contributed by atoms with E-state index in [-0.39, 0.29) is 5.56 Å².